The molecule has 0 aliphatic rings. The fraction of sp³-hybridized carbons (Fsp3) is 0.583. The number of aliphatic hydroxyl groups is 2. The summed E-state index contributed by atoms with van der Waals surface area (Å²) in [4.78, 5) is 114. The molecule has 23 heteroatoms. The van der Waals surface area contributed by atoms with E-state index >= 15 is 0 Å². The van der Waals surface area contributed by atoms with Gasteiger partial charge in [0.15, 0.2) is 0 Å². The predicted octanol–water partition coefficient (Wildman–Crippen LogP) is -4.58. The first-order valence-electron chi connectivity index (χ1n) is 18.7. The zero-order valence-corrected chi connectivity index (χ0v) is 33.8. The molecule has 0 heterocycles. The van der Waals surface area contributed by atoms with Crippen molar-refractivity contribution in [2.45, 2.75) is 94.2 Å². The highest BCUT2D eigenvalue weighted by Crippen LogP contribution is 2.09. The summed E-state index contributed by atoms with van der Waals surface area (Å²) in [7, 11) is 0. The van der Waals surface area contributed by atoms with Crippen LogP contribution in [0.3, 0.4) is 0 Å². The van der Waals surface area contributed by atoms with E-state index in [1.807, 2.05) is 0 Å². The highest BCUT2D eigenvalue weighted by molar-refractivity contribution is 7.98. The van der Waals surface area contributed by atoms with Gasteiger partial charge in [-0.25, -0.2) is 4.79 Å². The molecule has 59 heavy (non-hydrogen) atoms. The summed E-state index contributed by atoms with van der Waals surface area (Å²) < 4.78 is 0. The highest BCUT2D eigenvalue weighted by Gasteiger charge is 2.35. The van der Waals surface area contributed by atoms with E-state index in [9.17, 15) is 63.6 Å². The maximum absolute atomic E-state index is 13.6. The first-order valence-corrected chi connectivity index (χ1v) is 20.1. The van der Waals surface area contributed by atoms with Crippen molar-refractivity contribution >= 4 is 65.1 Å². The van der Waals surface area contributed by atoms with Crippen LogP contribution in [0, 0.1) is 0 Å². The molecule has 22 nitrogen and oxygen atoms in total. The lowest BCUT2D eigenvalue weighted by Gasteiger charge is -2.28. The standard InChI is InChI=1S/C36H57N9O13S/c1-20(47)30(35(56)44-26(19-46)34(55)41-22(11-12-29(50)51)31(52)43-24(36(57)58)10-6-7-14-37)45-32(53)23(13-15-59-2)42-33(54)25(16-21-8-4-3-5-9-21)40-28(49)18-39-27(48)17-38/h3-5,8-9,20,22-26,30,46-47H,6-7,10-19,37-38H2,1-2H3,(H,39,48)(H,40,49)(H,41,55)(H,42,54)(H,43,52)(H,44,56)(H,45,53)(H,50,51)(H,57,58)/t20-,22+,23+,24+,25+,26+,30+/m1/s1. The van der Waals surface area contributed by atoms with Gasteiger partial charge < -0.3 is 69.1 Å². The first kappa shape index (κ1) is 51.7. The fourth-order valence-corrected chi connectivity index (χ4v) is 5.75. The van der Waals surface area contributed by atoms with E-state index in [-0.39, 0.29) is 32.4 Å². The van der Waals surface area contributed by atoms with Gasteiger partial charge in [0.1, 0.15) is 36.3 Å². The van der Waals surface area contributed by atoms with Gasteiger partial charge in [0.05, 0.1) is 25.8 Å². The molecule has 0 unspecified atom stereocenters. The molecule has 7 amide bonds. The number of carboxylic acids is 2. The molecule has 330 valence electrons. The number of aliphatic hydroxyl groups excluding tert-OH is 2. The minimum absolute atomic E-state index is 0.0111. The molecule has 0 aliphatic heterocycles. The largest absolute Gasteiger partial charge is 0.481 e. The van der Waals surface area contributed by atoms with Crippen molar-refractivity contribution in [1.82, 2.24) is 37.2 Å². The molecule has 0 aromatic heterocycles. The van der Waals surface area contributed by atoms with Crippen LogP contribution in [-0.2, 0) is 49.6 Å². The Morgan fingerprint density at radius 3 is 1.78 bits per heavy atom. The van der Waals surface area contributed by atoms with Crippen molar-refractivity contribution < 1.29 is 63.6 Å². The lowest BCUT2D eigenvalue weighted by molar-refractivity contribution is -0.143. The Labute approximate surface area is 345 Å². The molecular formula is C36H57N9O13S. The molecule has 1 aromatic rings. The van der Waals surface area contributed by atoms with E-state index in [1.165, 1.54) is 11.8 Å². The third-order valence-electron chi connectivity index (χ3n) is 8.53. The molecule has 1 aromatic carbocycles. The van der Waals surface area contributed by atoms with Gasteiger partial charge in [0, 0.05) is 12.8 Å². The first-order chi connectivity index (χ1) is 28.0. The molecule has 0 saturated heterocycles. The maximum Gasteiger partial charge on any atom is 0.326 e. The van der Waals surface area contributed by atoms with E-state index in [0.29, 0.717) is 24.2 Å². The van der Waals surface area contributed by atoms with Crippen molar-refractivity contribution in [3.63, 3.8) is 0 Å². The van der Waals surface area contributed by atoms with Gasteiger partial charge >= 0.3 is 11.9 Å². The van der Waals surface area contributed by atoms with E-state index in [4.69, 9.17) is 11.5 Å². The topological polar surface area (TPSA) is 371 Å². The summed E-state index contributed by atoms with van der Waals surface area (Å²) in [6.07, 6.45) is -0.210. The number of unbranched alkanes of at least 4 members (excludes halogenated alkanes) is 1. The monoisotopic (exact) mass is 855 g/mol. The molecule has 1 rings (SSSR count). The Kier molecular flexibility index (Phi) is 24.6. The average molecular weight is 856 g/mol. The molecular weight excluding hydrogens is 799 g/mol. The Bertz CT molecular complexity index is 1570. The third-order valence-corrected chi connectivity index (χ3v) is 9.17. The minimum Gasteiger partial charge on any atom is -0.481 e. The number of thioether (sulfide) groups is 1. The lowest BCUT2D eigenvalue weighted by Crippen LogP contribution is -2.62. The number of nitrogens with two attached hydrogens (primary N) is 2. The van der Waals surface area contributed by atoms with Gasteiger partial charge in [0.2, 0.25) is 41.4 Å². The van der Waals surface area contributed by atoms with Gasteiger partial charge in [-0.3, -0.25) is 38.4 Å². The molecule has 0 aliphatic carbocycles. The van der Waals surface area contributed by atoms with Crippen LogP contribution < -0.4 is 48.7 Å². The zero-order valence-electron chi connectivity index (χ0n) is 32.9. The van der Waals surface area contributed by atoms with Crippen LogP contribution in [-0.4, -0.2) is 154 Å². The Morgan fingerprint density at radius 2 is 1.24 bits per heavy atom. The number of carbonyl (C=O) groups excluding carboxylic acids is 7. The quantitative estimate of drug-likeness (QED) is 0.0337. The molecule has 0 bridgehead atoms. The molecule has 0 radical (unpaired) electrons. The van der Waals surface area contributed by atoms with Crippen LogP contribution in [0.15, 0.2) is 30.3 Å². The Hall–Kier alpha value is -5.36. The van der Waals surface area contributed by atoms with E-state index in [1.54, 1.807) is 36.6 Å². The van der Waals surface area contributed by atoms with E-state index in [0.717, 1.165) is 6.92 Å². The summed E-state index contributed by atoms with van der Waals surface area (Å²) >= 11 is 1.33. The summed E-state index contributed by atoms with van der Waals surface area (Å²) in [5.74, 6) is -8.87. The SMILES string of the molecule is CSCC[C@H](NC(=O)[C@H](Cc1ccccc1)NC(=O)CNC(=O)CN)C(=O)N[C@H](C(=O)N[C@@H](CO)C(=O)N[C@@H](CCC(=O)O)C(=O)N[C@@H](CCCCN)C(=O)O)[C@@H](C)O. The molecule has 0 saturated carbocycles. The van der Waals surface area contributed by atoms with Crippen molar-refractivity contribution in [2.24, 2.45) is 11.5 Å². The highest BCUT2D eigenvalue weighted by atomic mass is 32.2. The number of hydrogen-bond donors (Lipinski definition) is 13. The smallest absolute Gasteiger partial charge is 0.326 e. The van der Waals surface area contributed by atoms with Gasteiger partial charge in [-0.1, -0.05) is 30.3 Å². The minimum atomic E-state index is -1.82. The zero-order chi connectivity index (χ0) is 44.5. The second-order valence-corrected chi connectivity index (χ2v) is 14.3. The number of benzene rings is 1. The summed E-state index contributed by atoms with van der Waals surface area (Å²) in [6, 6.07) is -0.580. The van der Waals surface area contributed by atoms with Crippen LogP contribution in [0.4, 0.5) is 0 Å². The van der Waals surface area contributed by atoms with Crippen LogP contribution in [0.2, 0.25) is 0 Å². The van der Waals surface area contributed by atoms with Crippen molar-refractivity contribution in [3.8, 4) is 0 Å². The second kappa shape index (κ2) is 28.1. The molecule has 15 N–H and O–H groups in total. The number of aliphatic carboxylic acids is 2. The van der Waals surface area contributed by atoms with Crippen LogP contribution >= 0.6 is 11.8 Å². The van der Waals surface area contributed by atoms with E-state index < -0.39 is 122 Å². The van der Waals surface area contributed by atoms with Gasteiger partial charge in [-0.05, 0) is 63.1 Å². The number of nitrogens with one attached hydrogen (secondary N) is 7. The van der Waals surface area contributed by atoms with E-state index in [2.05, 4.69) is 37.2 Å². The fourth-order valence-electron chi connectivity index (χ4n) is 5.28. The number of hydrogen-bond acceptors (Lipinski definition) is 14. The number of rotatable bonds is 29. The number of carboxylic acid groups (broad SMARTS) is 2. The Balaban J connectivity index is 3.20. The number of carbonyl (C=O) groups is 9. The Morgan fingerprint density at radius 1 is 0.678 bits per heavy atom. The van der Waals surface area contributed by atoms with Crippen LogP contribution in [0.1, 0.15) is 51.0 Å². The maximum atomic E-state index is 13.6. The number of amides is 7. The average Bonchev–Trinajstić information content (AvgIpc) is 3.20. The van der Waals surface area contributed by atoms with Crippen LogP contribution in [0.5, 0.6) is 0 Å². The van der Waals surface area contributed by atoms with Gasteiger partial charge in [0.25, 0.3) is 0 Å². The summed E-state index contributed by atoms with van der Waals surface area (Å²) in [6.45, 7) is -0.508. The molecule has 0 spiro atoms. The second-order valence-electron chi connectivity index (χ2n) is 13.3. The lowest BCUT2D eigenvalue weighted by atomic mass is 10.0. The van der Waals surface area contributed by atoms with Gasteiger partial charge in [-0.2, -0.15) is 11.8 Å². The van der Waals surface area contributed by atoms with Gasteiger partial charge in [-0.15, -0.1) is 0 Å². The predicted molar refractivity (Wildman–Crippen MR) is 213 cm³/mol. The van der Waals surface area contributed by atoms with Crippen molar-refractivity contribution in [1.29, 1.82) is 0 Å². The summed E-state index contributed by atoms with van der Waals surface area (Å²) in [5, 5.41) is 55.6. The van der Waals surface area contributed by atoms with Crippen LogP contribution in [0.25, 0.3) is 0 Å². The summed E-state index contributed by atoms with van der Waals surface area (Å²) in [5.41, 5.74) is 11.4. The normalized spacial score (nSPS) is 14.4. The van der Waals surface area contributed by atoms with Crippen molar-refractivity contribution in [3.05, 3.63) is 35.9 Å². The third kappa shape index (κ3) is 20.3. The molecule has 0 fully saturated rings. The molecule has 7 atom stereocenters. The van der Waals surface area contributed by atoms with Crippen molar-refractivity contribution in [2.75, 3.05) is 38.2 Å².